The van der Waals surface area contributed by atoms with Gasteiger partial charge in [-0.05, 0) is 30.7 Å². The highest BCUT2D eigenvalue weighted by Gasteiger charge is 2.28. The second-order valence-corrected chi connectivity index (χ2v) is 4.55. The Balaban J connectivity index is 2.27. The molecule has 1 heterocycles. The Labute approximate surface area is 110 Å². The first-order valence-electron chi connectivity index (χ1n) is 6.22. The van der Waals surface area contributed by atoms with E-state index in [0.29, 0.717) is 19.6 Å². The third kappa shape index (κ3) is 3.27. The summed E-state index contributed by atoms with van der Waals surface area (Å²) in [5.41, 5.74) is 0.272. The average Bonchev–Trinajstić information content (AvgIpc) is 2.62. The zero-order valence-electron chi connectivity index (χ0n) is 10.4. The Morgan fingerprint density at radius 2 is 2.05 bits per heavy atom. The lowest BCUT2D eigenvalue weighted by Gasteiger charge is -2.27. The number of nitrogens with one attached hydrogen (secondary N) is 1. The molecule has 1 aromatic carbocycles. The second kappa shape index (κ2) is 6.08. The van der Waals surface area contributed by atoms with Crippen LogP contribution in [-0.4, -0.2) is 42.2 Å². The van der Waals surface area contributed by atoms with E-state index >= 15 is 0 Å². The highest BCUT2D eigenvalue weighted by atomic mass is 19.2. The number of benzene rings is 1. The predicted molar refractivity (Wildman–Crippen MR) is 65.8 cm³/mol. The molecule has 0 amide bonds. The fourth-order valence-corrected chi connectivity index (χ4v) is 2.32. The normalized spacial score (nSPS) is 18.8. The number of nitrogens with zero attached hydrogens (tertiary/aromatic N) is 1. The van der Waals surface area contributed by atoms with E-state index in [9.17, 15) is 18.7 Å². The number of aliphatic carboxylic acids is 1. The van der Waals surface area contributed by atoms with Gasteiger partial charge in [0, 0.05) is 19.6 Å². The number of carboxylic acids is 1. The summed E-state index contributed by atoms with van der Waals surface area (Å²) in [5.74, 6) is -3.03. The molecule has 2 rings (SSSR count). The fourth-order valence-electron chi connectivity index (χ4n) is 2.32. The molecule has 0 bridgehead atoms. The maximum Gasteiger partial charge on any atom is 0.325 e. The Hall–Kier alpha value is -1.53. The van der Waals surface area contributed by atoms with Crippen molar-refractivity contribution >= 4 is 5.97 Å². The molecule has 1 saturated heterocycles. The van der Waals surface area contributed by atoms with Gasteiger partial charge in [-0.1, -0.05) is 6.07 Å². The van der Waals surface area contributed by atoms with Crippen LogP contribution in [0.2, 0.25) is 0 Å². The number of halogens is 2. The van der Waals surface area contributed by atoms with E-state index in [1.54, 1.807) is 4.90 Å². The molecule has 6 heteroatoms. The van der Waals surface area contributed by atoms with E-state index in [1.807, 2.05) is 0 Å². The van der Waals surface area contributed by atoms with Crippen molar-refractivity contribution in [2.24, 2.45) is 0 Å². The third-order valence-corrected chi connectivity index (χ3v) is 3.23. The van der Waals surface area contributed by atoms with Crippen molar-refractivity contribution in [3.63, 3.8) is 0 Å². The molecule has 0 saturated carbocycles. The third-order valence-electron chi connectivity index (χ3n) is 3.23. The first-order valence-corrected chi connectivity index (χ1v) is 6.22. The first kappa shape index (κ1) is 13.9. The SMILES string of the molecule is O=C(O)C(c1ccc(F)c(F)c1)N1CCCNCC1. The van der Waals surface area contributed by atoms with Gasteiger partial charge in [0.25, 0.3) is 0 Å². The molecule has 19 heavy (non-hydrogen) atoms. The Kier molecular flexibility index (Phi) is 4.44. The van der Waals surface area contributed by atoms with Crippen molar-refractivity contribution in [3.8, 4) is 0 Å². The van der Waals surface area contributed by atoms with Crippen molar-refractivity contribution in [2.75, 3.05) is 26.2 Å². The monoisotopic (exact) mass is 270 g/mol. The number of carbonyl (C=O) groups is 1. The molecule has 1 aromatic rings. The van der Waals surface area contributed by atoms with Crippen molar-refractivity contribution in [2.45, 2.75) is 12.5 Å². The Morgan fingerprint density at radius 1 is 1.26 bits per heavy atom. The van der Waals surface area contributed by atoms with Crippen molar-refractivity contribution in [3.05, 3.63) is 35.4 Å². The van der Waals surface area contributed by atoms with Crippen LogP contribution in [0.4, 0.5) is 8.78 Å². The van der Waals surface area contributed by atoms with Crippen LogP contribution in [0.5, 0.6) is 0 Å². The van der Waals surface area contributed by atoms with Crippen LogP contribution in [0.15, 0.2) is 18.2 Å². The molecule has 2 N–H and O–H groups in total. The second-order valence-electron chi connectivity index (χ2n) is 4.55. The summed E-state index contributed by atoms with van der Waals surface area (Å²) in [4.78, 5) is 13.2. The van der Waals surface area contributed by atoms with E-state index in [4.69, 9.17) is 0 Å². The molecule has 0 spiro atoms. The van der Waals surface area contributed by atoms with Crippen molar-refractivity contribution in [1.29, 1.82) is 0 Å². The topological polar surface area (TPSA) is 52.6 Å². The van der Waals surface area contributed by atoms with Crippen LogP contribution in [0.1, 0.15) is 18.0 Å². The van der Waals surface area contributed by atoms with Crippen LogP contribution in [-0.2, 0) is 4.79 Å². The smallest absolute Gasteiger partial charge is 0.325 e. The van der Waals surface area contributed by atoms with Gasteiger partial charge in [-0.15, -0.1) is 0 Å². The number of carboxylic acid groups (broad SMARTS) is 1. The lowest BCUT2D eigenvalue weighted by atomic mass is 10.0. The molecule has 104 valence electrons. The number of hydrogen-bond donors (Lipinski definition) is 2. The predicted octanol–water partition coefficient (Wildman–Crippen LogP) is 1.39. The summed E-state index contributed by atoms with van der Waals surface area (Å²) in [5, 5.41) is 12.5. The van der Waals surface area contributed by atoms with Gasteiger partial charge >= 0.3 is 5.97 Å². The largest absolute Gasteiger partial charge is 0.480 e. The van der Waals surface area contributed by atoms with Crippen molar-refractivity contribution < 1.29 is 18.7 Å². The van der Waals surface area contributed by atoms with Crippen LogP contribution < -0.4 is 5.32 Å². The maximum atomic E-state index is 13.3. The quantitative estimate of drug-likeness (QED) is 0.871. The van der Waals surface area contributed by atoms with E-state index < -0.39 is 23.6 Å². The lowest BCUT2D eigenvalue weighted by Crippen LogP contribution is -2.36. The van der Waals surface area contributed by atoms with Gasteiger partial charge in [-0.2, -0.15) is 0 Å². The van der Waals surface area contributed by atoms with E-state index in [0.717, 1.165) is 25.1 Å². The van der Waals surface area contributed by atoms with Gasteiger partial charge in [0.1, 0.15) is 6.04 Å². The Bertz CT molecular complexity index is 460. The summed E-state index contributed by atoms with van der Waals surface area (Å²) in [6, 6.07) is 2.33. The van der Waals surface area contributed by atoms with Gasteiger partial charge in [-0.3, -0.25) is 9.69 Å². The highest BCUT2D eigenvalue weighted by Crippen LogP contribution is 2.23. The molecule has 4 nitrogen and oxygen atoms in total. The van der Waals surface area contributed by atoms with Crippen LogP contribution >= 0.6 is 0 Å². The molecule has 0 radical (unpaired) electrons. The van der Waals surface area contributed by atoms with Crippen LogP contribution in [0, 0.1) is 11.6 Å². The van der Waals surface area contributed by atoms with Crippen LogP contribution in [0.3, 0.4) is 0 Å². The Morgan fingerprint density at radius 3 is 2.74 bits per heavy atom. The molecule has 1 aliphatic heterocycles. The molecule has 1 fully saturated rings. The highest BCUT2D eigenvalue weighted by molar-refractivity contribution is 5.75. The molecule has 1 aliphatic rings. The standard InChI is InChI=1S/C13H16F2N2O2/c14-10-3-2-9(8-11(10)15)12(13(18)19)17-6-1-4-16-5-7-17/h2-3,8,12,16H,1,4-7H2,(H,18,19). The number of hydrogen-bond acceptors (Lipinski definition) is 3. The summed E-state index contributed by atoms with van der Waals surface area (Å²) < 4.78 is 26.2. The molecular weight excluding hydrogens is 254 g/mol. The lowest BCUT2D eigenvalue weighted by molar-refractivity contribution is -0.143. The van der Waals surface area contributed by atoms with Gasteiger partial charge in [0.2, 0.25) is 0 Å². The minimum atomic E-state index is -1.05. The van der Waals surface area contributed by atoms with E-state index in [1.165, 1.54) is 6.07 Å². The van der Waals surface area contributed by atoms with Gasteiger partial charge in [0.15, 0.2) is 11.6 Å². The molecule has 1 unspecified atom stereocenters. The van der Waals surface area contributed by atoms with E-state index in [-0.39, 0.29) is 5.56 Å². The molecule has 1 atom stereocenters. The first-order chi connectivity index (χ1) is 9.09. The van der Waals surface area contributed by atoms with Crippen LogP contribution in [0.25, 0.3) is 0 Å². The minimum Gasteiger partial charge on any atom is -0.480 e. The average molecular weight is 270 g/mol. The molecule has 0 aromatic heterocycles. The zero-order chi connectivity index (χ0) is 13.8. The minimum absolute atomic E-state index is 0.272. The van der Waals surface area contributed by atoms with Gasteiger partial charge in [0.05, 0.1) is 0 Å². The summed E-state index contributed by atoms with van der Waals surface area (Å²) in [7, 11) is 0. The number of rotatable bonds is 3. The molecule has 0 aliphatic carbocycles. The zero-order valence-corrected chi connectivity index (χ0v) is 10.4. The molecular formula is C13H16F2N2O2. The van der Waals surface area contributed by atoms with E-state index in [2.05, 4.69) is 5.32 Å². The van der Waals surface area contributed by atoms with Crippen molar-refractivity contribution in [1.82, 2.24) is 10.2 Å². The van der Waals surface area contributed by atoms with Gasteiger partial charge < -0.3 is 10.4 Å². The fraction of sp³-hybridized carbons (Fsp3) is 0.462. The van der Waals surface area contributed by atoms with Gasteiger partial charge in [-0.25, -0.2) is 8.78 Å². The summed E-state index contributed by atoms with van der Waals surface area (Å²) in [6.07, 6.45) is 0.827. The summed E-state index contributed by atoms with van der Waals surface area (Å²) >= 11 is 0. The summed E-state index contributed by atoms with van der Waals surface area (Å²) in [6.45, 7) is 2.70. The maximum absolute atomic E-state index is 13.3.